The lowest BCUT2D eigenvalue weighted by molar-refractivity contribution is -0.140. The van der Waals surface area contributed by atoms with Crippen molar-refractivity contribution in [1.29, 1.82) is 0 Å². The van der Waals surface area contributed by atoms with Gasteiger partial charge in [0.1, 0.15) is 12.6 Å². The first-order chi connectivity index (χ1) is 18.2. The molecule has 0 saturated carbocycles. The highest BCUT2D eigenvalue weighted by Gasteiger charge is 2.40. The van der Waals surface area contributed by atoms with Crippen LogP contribution in [0, 0.1) is 0 Å². The van der Waals surface area contributed by atoms with E-state index in [1.807, 2.05) is 0 Å². The monoisotopic (exact) mass is 644 g/mol. The first-order valence-electron chi connectivity index (χ1n) is 10.6. The number of carbonyl (C=O) groups is 2. The predicted molar refractivity (Wildman–Crippen MR) is 128 cm³/mol. The van der Waals surface area contributed by atoms with Gasteiger partial charge in [-0.05, 0) is 35.4 Å². The lowest BCUT2D eigenvalue weighted by Crippen LogP contribution is -2.50. The Hall–Kier alpha value is -2.68. The largest absolute Gasteiger partial charge is 0.417 e. The van der Waals surface area contributed by atoms with Gasteiger partial charge in [0.15, 0.2) is 0 Å². The van der Waals surface area contributed by atoms with Gasteiger partial charge in [-0.1, -0.05) is 53.0 Å². The van der Waals surface area contributed by atoms with Crippen LogP contribution in [0.3, 0.4) is 0 Å². The van der Waals surface area contributed by atoms with Crippen molar-refractivity contribution < 1.29 is 54.2 Å². The number of aliphatic hydroxyl groups is 1. The molecule has 2 aromatic carbocycles. The molecule has 0 heterocycles. The van der Waals surface area contributed by atoms with Crippen molar-refractivity contribution in [1.82, 2.24) is 10.6 Å². The summed E-state index contributed by atoms with van der Waals surface area (Å²) in [4.78, 5) is 24.2. The van der Waals surface area contributed by atoms with Crippen LogP contribution in [0.5, 0.6) is 0 Å². The van der Waals surface area contributed by atoms with Crippen LogP contribution in [0.25, 0.3) is 6.08 Å². The zero-order chi connectivity index (χ0) is 30.6. The molecule has 0 aromatic heterocycles. The molecular formula is C23H16Cl3F9N2O3. The molecule has 40 heavy (non-hydrogen) atoms. The molecular weight excluding hydrogens is 630 g/mol. The van der Waals surface area contributed by atoms with E-state index >= 15 is 0 Å². The number of benzene rings is 2. The zero-order valence-corrected chi connectivity index (χ0v) is 21.7. The van der Waals surface area contributed by atoms with Crippen LogP contribution < -0.4 is 10.6 Å². The van der Waals surface area contributed by atoms with Crippen molar-refractivity contribution in [2.75, 3.05) is 13.2 Å². The van der Waals surface area contributed by atoms with Crippen molar-refractivity contribution in [2.45, 2.75) is 30.5 Å². The number of aliphatic hydroxyl groups excluding tert-OH is 1. The van der Waals surface area contributed by atoms with Crippen LogP contribution in [0.2, 0.25) is 15.1 Å². The number of alkyl halides is 9. The fraction of sp³-hybridized carbons (Fsp3) is 0.304. The smallest absolute Gasteiger partial charge is 0.394 e. The Balaban J connectivity index is 2.40. The van der Waals surface area contributed by atoms with Gasteiger partial charge in [-0.2, -0.15) is 39.5 Å². The Bertz CT molecular complexity index is 1260. The number of allylic oxidation sites excluding steroid dienone is 1. The number of nitrogens with one attached hydrogen (secondary N) is 2. The number of amides is 2. The lowest BCUT2D eigenvalue weighted by atomic mass is 9.96. The Labute approximate surface area is 234 Å². The van der Waals surface area contributed by atoms with Crippen LogP contribution in [-0.4, -0.2) is 48.5 Å². The molecule has 220 valence electrons. The van der Waals surface area contributed by atoms with E-state index in [0.29, 0.717) is 24.3 Å². The van der Waals surface area contributed by atoms with E-state index in [4.69, 9.17) is 34.8 Å². The normalized spacial score (nSPS) is 14.2. The van der Waals surface area contributed by atoms with E-state index in [1.165, 1.54) is 5.32 Å². The minimum absolute atomic E-state index is 0.207. The molecule has 3 N–H and O–H groups in total. The number of hydrogen-bond acceptors (Lipinski definition) is 3. The molecule has 2 rings (SSSR count). The van der Waals surface area contributed by atoms with Crippen molar-refractivity contribution in [2.24, 2.45) is 0 Å². The van der Waals surface area contributed by atoms with Gasteiger partial charge in [-0.3, -0.25) is 9.59 Å². The third-order valence-electron chi connectivity index (χ3n) is 5.06. The highest BCUT2D eigenvalue weighted by atomic mass is 35.5. The van der Waals surface area contributed by atoms with Crippen molar-refractivity contribution >= 4 is 52.7 Å². The van der Waals surface area contributed by atoms with E-state index in [1.54, 1.807) is 5.32 Å². The standard InChI is InChI=1S/C23H16Cl3F9N2O3/c24-15-6-11(7-16(25)18(15)26)13(22(30,31)32)4-2-10-1-3-12(14(5-10)23(33,34)35)19(39)37-17(8-38)20(40)36-9-21(27,28)29/h1-7,13,17,38H,8-9H2,(H,36,40)(H,37,39)/b4-2+. The summed E-state index contributed by atoms with van der Waals surface area (Å²) >= 11 is 17.3. The summed E-state index contributed by atoms with van der Waals surface area (Å²) in [7, 11) is 0. The second-order valence-corrected chi connectivity index (χ2v) is 9.21. The Morgan fingerprint density at radius 3 is 1.98 bits per heavy atom. The highest BCUT2D eigenvalue weighted by molar-refractivity contribution is 6.48. The molecule has 0 aliphatic heterocycles. The van der Waals surface area contributed by atoms with Gasteiger partial charge in [0.05, 0.1) is 38.7 Å². The summed E-state index contributed by atoms with van der Waals surface area (Å²) in [5.41, 5.74) is -3.64. The lowest BCUT2D eigenvalue weighted by Gasteiger charge is -2.19. The molecule has 0 aliphatic carbocycles. The molecule has 0 radical (unpaired) electrons. The molecule has 0 saturated heterocycles. The Morgan fingerprint density at radius 2 is 1.50 bits per heavy atom. The van der Waals surface area contributed by atoms with Crippen LogP contribution in [0.15, 0.2) is 36.4 Å². The Morgan fingerprint density at radius 1 is 0.925 bits per heavy atom. The van der Waals surface area contributed by atoms with Crippen LogP contribution >= 0.6 is 34.8 Å². The summed E-state index contributed by atoms with van der Waals surface area (Å²) < 4.78 is 119. The van der Waals surface area contributed by atoms with Crippen molar-refractivity contribution in [3.63, 3.8) is 0 Å². The van der Waals surface area contributed by atoms with Gasteiger partial charge >= 0.3 is 18.5 Å². The van der Waals surface area contributed by atoms with Gasteiger partial charge in [0.2, 0.25) is 5.91 Å². The third kappa shape index (κ3) is 9.18. The first kappa shape index (κ1) is 33.5. The minimum atomic E-state index is -5.23. The van der Waals surface area contributed by atoms with E-state index in [-0.39, 0.29) is 15.1 Å². The highest BCUT2D eigenvalue weighted by Crippen LogP contribution is 2.41. The average molecular weight is 646 g/mol. The molecule has 2 amide bonds. The predicted octanol–water partition coefficient (Wildman–Crippen LogP) is 6.79. The molecule has 0 fully saturated rings. The van der Waals surface area contributed by atoms with Gasteiger partial charge < -0.3 is 15.7 Å². The maximum Gasteiger partial charge on any atom is 0.417 e. The molecule has 2 atom stereocenters. The van der Waals surface area contributed by atoms with Gasteiger partial charge in [-0.25, -0.2) is 0 Å². The number of rotatable bonds is 8. The summed E-state index contributed by atoms with van der Waals surface area (Å²) in [5, 5.41) is 11.5. The quantitative estimate of drug-likeness (QED) is 0.219. The Kier molecular flexibility index (Phi) is 10.8. The fourth-order valence-corrected chi connectivity index (χ4v) is 3.82. The van der Waals surface area contributed by atoms with E-state index in [9.17, 15) is 54.2 Å². The van der Waals surface area contributed by atoms with Crippen LogP contribution in [-0.2, 0) is 11.0 Å². The second kappa shape index (κ2) is 12.9. The number of halogens is 12. The first-order valence-corrected chi connectivity index (χ1v) is 11.7. The van der Waals surface area contributed by atoms with Crippen LogP contribution in [0.1, 0.15) is 33.0 Å². The van der Waals surface area contributed by atoms with E-state index in [2.05, 4.69) is 0 Å². The zero-order valence-electron chi connectivity index (χ0n) is 19.4. The third-order valence-corrected chi connectivity index (χ3v) is 6.26. The maximum atomic E-state index is 13.7. The molecule has 2 aromatic rings. The number of carbonyl (C=O) groups excluding carboxylic acids is 2. The minimum Gasteiger partial charge on any atom is -0.394 e. The summed E-state index contributed by atoms with van der Waals surface area (Å²) in [6.07, 6.45) is -13.8. The molecule has 17 heteroatoms. The number of hydrogen-bond donors (Lipinski definition) is 3. The molecule has 0 aliphatic rings. The van der Waals surface area contributed by atoms with Crippen LogP contribution in [0.4, 0.5) is 39.5 Å². The molecule has 0 spiro atoms. The maximum absolute atomic E-state index is 13.7. The van der Waals surface area contributed by atoms with E-state index in [0.717, 1.165) is 18.2 Å². The van der Waals surface area contributed by atoms with Gasteiger partial charge in [-0.15, -0.1) is 0 Å². The van der Waals surface area contributed by atoms with Gasteiger partial charge in [0, 0.05) is 0 Å². The second-order valence-electron chi connectivity index (χ2n) is 8.02. The van der Waals surface area contributed by atoms with Crippen molar-refractivity contribution in [3.05, 3.63) is 73.7 Å². The SMILES string of the molecule is O=C(NC(CO)C(=O)NCC(F)(F)F)c1ccc(/C=C/C(c2cc(Cl)c(Cl)c(Cl)c2)C(F)(F)F)cc1C(F)(F)F. The van der Waals surface area contributed by atoms with Crippen molar-refractivity contribution in [3.8, 4) is 0 Å². The average Bonchev–Trinajstić information content (AvgIpc) is 2.82. The van der Waals surface area contributed by atoms with Gasteiger partial charge in [0.25, 0.3) is 5.91 Å². The molecule has 0 bridgehead atoms. The fourth-order valence-electron chi connectivity index (χ4n) is 3.21. The molecule has 2 unspecified atom stereocenters. The van der Waals surface area contributed by atoms with E-state index < -0.39 is 77.7 Å². The summed E-state index contributed by atoms with van der Waals surface area (Å²) in [6, 6.07) is 1.51. The molecule has 5 nitrogen and oxygen atoms in total. The summed E-state index contributed by atoms with van der Waals surface area (Å²) in [5.74, 6) is -5.50. The summed E-state index contributed by atoms with van der Waals surface area (Å²) in [6.45, 7) is -3.09. The topological polar surface area (TPSA) is 78.4 Å².